The van der Waals surface area contributed by atoms with Gasteiger partial charge in [0.1, 0.15) is 0 Å². The Bertz CT molecular complexity index is 386. The molecule has 7 heteroatoms. The molecule has 0 unspecified atom stereocenters. The molecular weight excluding hydrogens is 262 g/mol. The molecule has 0 aromatic rings. The summed E-state index contributed by atoms with van der Waals surface area (Å²) in [5.74, 6) is -0.989. The zero-order valence-corrected chi connectivity index (χ0v) is 12.2. The van der Waals surface area contributed by atoms with Crippen molar-refractivity contribution in [2.75, 3.05) is 19.6 Å². The van der Waals surface area contributed by atoms with Crippen molar-refractivity contribution in [2.24, 2.45) is 5.92 Å². The number of hydrogen-bond donors (Lipinski definition) is 3. The zero-order chi connectivity index (χ0) is 15.3. The van der Waals surface area contributed by atoms with Gasteiger partial charge >= 0.3 is 12.0 Å². The minimum Gasteiger partial charge on any atom is -0.480 e. The average molecular weight is 285 g/mol. The van der Waals surface area contributed by atoms with Crippen LogP contribution in [-0.2, 0) is 9.59 Å². The fourth-order valence-corrected chi connectivity index (χ4v) is 1.78. The highest BCUT2D eigenvalue weighted by Crippen LogP contribution is 2.29. The summed E-state index contributed by atoms with van der Waals surface area (Å²) in [5.41, 5.74) is -0.431. The van der Waals surface area contributed by atoms with Crippen LogP contribution < -0.4 is 10.6 Å². The van der Waals surface area contributed by atoms with Gasteiger partial charge in [-0.2, -0.15) is 0 Å². The van der Waals surface area contributed by atoms with Gasteiger partial charge in [-0.25, -0.2) is 4.79 Å². The molecule has 1 aliphatic rings. The van der Waals surface area contributed by atoms with Crippen molar-refractivity contribution in [3.63, 3.8) is 0 Å². The van der Waals surface area contributed by atoms with Crippen LogP contribution in [0.2, 0.25) is 0 Å². The molecule has 7 nitrogen and oxygen atoms in total. The molecule has 0 saturated heterocycles. The molecule has 0 aromatic carbocycles. The molecule has 0 radical (unpaired) electrons. The summed E-state index contributed by atoms with van der Waals surface area (Å²) in [6.45, 7) is 5.73. The summed E-state index contributed by atoms with van der Waals surface area (Å²) in [5, 5.41) is 13.6. The molecule has 0 bridgehead atoms. The molecule has 20 heavy (non-hydrogen) atoms. The molecule has 1 aliphatic carbocycles. The van der Waals surface area contributed by atoms with Crippen LogP contribution in [0, 0.1) is 5.92 Å². The third kappa shape index (κ3) is 7.73. The van der Waals surface area contributed by atoms with Gasteiger partial charge in [0.05, 0.1) is 13.1 Å². The van der Waals surface area contributed by atoms with Crippen molar-refractivity contribution >= 4 is 17.9 Å². The number of carbonyl (C=O) groups is 3. The lowest BCUT2D eigenvalue weighted by atomic mass is 10.1. The van der Waals surface area contributed by atoms with Crippen molar-refractivity contribution in [1.29, 1.82) is 0 Å². The van der Waals surface area contributed by atoms with Gasteiger partial charge in [0.15, 0.2) is 0 Å². The van der Waals surface area contributed by atoms with Crippen LogP contribution in [0.4, 0.5) is 4.79 Å². The first-order valence-corrected chi connectivity index (χ1v) is 6.72. The highest BCUT2D eigenvalue weighted by molar-refractivity contribution is 5.95. The summed E-state index contributed by atoms with van der Waals surface area (Å²) in [7, 11) is 0. The van der Waals surface area contributed by atoms with E-state index in [4.69, 9.17) is 5.11 Å². The van der Waals surface area contributed by atoms with E-state index in [1.54, 1.807) is 25.7 Å². The van der Waals surface area contributed by atoms with E-state index in [9.17, 15) is 14.4 Å². The number of rotatable bonds is 6. The topological polar surface area (TPSA) is 98.7 Å². The summed E-state index contributed by atoms with van der Waals surface area (Å²) >= 11 is 0. The third-order valence-electron chi connectivity index (χ3n) is 2.68. The van der Waals surface area contributed by atoms with Crippen LogP contribution in [-0.4, -0.2) is 53.1 Å². The molecular formula is C13H23N3O4. The standard InChI is InChI=1S/C13H23N3O4/c1-13(2,3)15-12(20)14-10(17)7-16(8-11(18)19)6-9-4-5-9/h9H,4-8H2,1-3H3,(H,18,19)(H2,14,15,17,20). The highest BCUT2D eigenvalue weighted by atomic mass is 16.4. The summed E-state index contributed by atoms with van der Waals surface area (Å²) in [4.78, 5) is 35.6. The first-order valence-electron chi connectivity index (χ1n) is 6.72. The Kier molecular flexibility index (Phi) is 5.50. The Labute approximate surface area is 118 Å². The Balaban J connectivity index is 2.40. The first-order chi connectivity index (χ1) is 9.15. The monoisotopic (exact) mass is 285 g/mol. The van der Waals surface area contributed by atoms with E-state index in [0.717, 1.165) is 12.8 Å². The van der Waals surface area contributed by atoms with E-state index in [0.29, 0.717) is 12.5 Å². The smallest absolute Gasteiger partial charge is 0.321 e. The van der Waals surface area contributed by atoms with Gasteiger partial charge < -0.3 is 10.4 Å². The molecule has 1 rings (SSSR count). The average Bonchev–Trinajstić information content (AvgIpc) is 2.95. The van der Waals surface area contributed by atoms with E-state index >= 15 is 0 Å². The Morgan fingerprint density at radius 3 is 2.25 bits per heavy atom. The quantitative estimate of drug-likeness (QED) is 0.656. The summed E-state index contributed by atoms with van der Waals surface area (Å²) < 4.78 is 0. The molecule has 1 saturated carbocycles. The van der Waals surface area contributed by atoms with Crippen molar-refractivity contribution in [3.05, 3.63) is 0 Å². The van der Waals surface area contributed by atoms with Gasteiger partial charge in [0.2, 0.25) is 5.91 Å². The second-order valence-electron chi connectivity index (χ2n) is 6.26. The molecule has 0 spiro atoms. The molecule has 3 amide bonds. The van der Waals surface area contributed by atoms with Crippen molar-refractivity contribution < 1.29 is 19.5 Å². The molecule has 0 heterocycles. The van der Waals surface area contributed by atoms with E-state index in [1.807, 2.05) is 0 Å². The van der Waals surface area contributed by atoms with E-state index in [-0.39, 0.29) is 13.1 Å². The first kappa shape index (κ1) is 16.4. The summed E-state index contributed by atoms with van der Waals surface area (Å²) in [6.07, 6.45) is 2.14. The molecule has 0 aliphatic heterocycles. The van der Waals surface area contributed by atoms with Crippen molar-refractivity contribution in [3.8, 4) is 0 Å². The van der Waals surface area contributed by atoms with Gasteiger partial charge in [0, 0.05) is 12.1 Å². The van der Waals surface area contributed by atoms with E-state index < -0.39 is 23.4 Å². The van der Waals surface area contributed by atoms with E-state index in [1.165, 1.54) is 0 Å². The summed E-state index contributed by atoms with van der Waals surface area (Å²) in [6, 6.07) is -0.566. The maximum Gasteiger partial charge on any atom is 0.321 e. The minimum absolute atomic E-state index is 0.0830. The zero-order valence-electron chi connectivity index (χ0n) is 12.2. The van der Waals surface area contributed by atoms with Crippen LogP contribution in [0.3, 0.4) is 0 Å². The lowest BCUT2D eigenvalue weighted by Crippen LogP contribution is -2.50. The third-order valence-corrected chi connectivity index (χ3v) is 2.68. The number of carbonyl (C=O) groups excluding carboxylic acids is 2. The van der Waals surface area contributed by atoms with Gasteiger partial charge in [0.25, 0.3) is 0 Å². The maximum atomic E-state index is 11.7. The number of nitrogens with one attached hydrogen (secondary N) is 2. The maximum absolute atomic E-state index is 11.7. The van der Waals surface area contributed by atoms with Crippen LogP contribution in [0.25, 0.3) is 0 Å². The van der Waals surface area contributed by atoms with Gasteiger partial charge in [-0.15, -0.1) is 0 Å². The van der Waals surface area contributed by atoms with Crippen LogP contribution in [0.15, 0.2) is 0 Å². The largest absolute Gasteiger partial charge is 0.480 e. The number of carboxylic acids is 1. The number of urea groups is 1. The molecule has 0 aromatic heterocycles. The Hall–Kier alpha value is -1.63. The lowest BCUT2D eigenvalue weighted by molar-refractivity contribution is -0.138. The van der Waals surface area contributed by atoms with Gasteiger partial charge in [-0.1, -0.05) is 0 Å². The van der Waals surface area contributed by atoms with Gasteiger partial charge in [-0.3, -0.25) is 19.8 Å². The number of imide groups is 1. The SMILES string of the molecule is CC(C)(C)NC(=O)NC(=O)CN(CC(=O)O)CC1CC1. The molecule has 0 atom stereocenters. The fraction of sp³-hybridized carbons (Fsp3) is 0.769. The highest BCUT2D eigenvalue weighted by Gasteiger charge is 2.26. The van der Waals surface area contributed by atoms with Crippen LogP contribution in [0.5, 0.6) is 0 Å². The minimum atomic E-state index is -0.974. The Morgan fingerprint density at radius 2 is 1.80 bits per heavy atom. The van der Waals surface area contributed by atoms with Crippen molar-refractivity contribution in [2.45, 2.75) is 39.2 Å². The predicted molar refractivity (Wildman–Crippen MR) is 73.2 cm³/mol. The van der Waals surface area contributed by atoms with Crippen molar-refractivity contribution in [1.82, 2.24) is 15.5 Å². The number of amides is 3. The number of nitrogens with zero attached hydrogens (tertiary/aromatic N) is 1. The number of carboxylic acid groups (broad SMARTS) is 1. The van der Waals surface area contributed by atoms with E-state index in [2.05, 4.69) is 10.6 Å². The lowest BCUT2D eigenvalue weighted by Gasteiger charge is -2.22. The van der Waals surface area contributed by atoms with Crippen LogP contribution >= 0.6 is 0 Å². The van der Waals surface area contributed by atoms with Crippen LogP contribution in [0.1, 0.15) is 33.6 Å². The fourth-order valence-electron chi connectivity index (χ4n) is 1.78. The molecule has 3 N–H and O–H groups in total. The Morgan fingerprint density at radius 1 is 1.20 bits per heavy atom. The normalized spacial score (nSPS) is 15.0. The molecule has 1 fully saturated rings. The number of aliphatic carboxylic acids is 1. The second-order valence-corrected chi connectivity index (χ2v) is 6.26. The second kappa shape index (κ2) is 6.69. The van der Waals surface area contributed by atoms with Gasteiger partial charge in [-0.05, 0) is 39.5 Å². The number of hydrogen-bond acceptors (Lipinski definition) is 4. The molecule has 114 valence electrons. The predicted octanol–water partition coefficient (Wildman–Crippen LogP) is 0.407.